The molecule has 21 heavy (non-hydrogen) atoms. The third-order valence-electron chi connectivity index (χ3n) is 3.93. The van der Waals surface area contributed by atoms with Crippen molar-refractivity contribution in [2.75, 3.05) is 17.7 Å². The van der Waals surface area contributed by atoms with Gasteiger partial charge in [0.25, 0.3) is 5.95 Å². The molecule has 1 atom stereocenters. The molecule has 1 saturated carbocycles. The standard InChI is InChI=1S/C13H20N8/c1-9(10-5-3-4-6-10)17-12-18-11(14-2)19-13(20-12)21-8-15-7-16-21/h7-10H,3-6H2,1-2H3,(H2,14,17,18,19,20). The highest BCUT2D eigenvalue weighted by atomic mass is 15.4. The first-order chi connectivity index (χ1) is 10.3. The average molecular weight is 288 g/mol. The number of rotatable bonds is 5. The van der Waals surface area contributed by atoms with Crippen molar-refractivity contribution in [3.05, 3.63) is 12.7 Å². The van der Waals surface area contributed by atoms with Crippen LogP contribution in [-0.2, 0) is 0 Å². The normalized spacial score (nSPS) is 16.9. The lowest BCUT2D eigenvalue weighted by molar-refractivity contribution is 0.479. The maximum Gasteiger partial charge on any atom is 0.258 e. The van der Waals surface area contributed by atoms with Crippen molar-refractivity contribution < 1.29 is 0 Å². The summed E-state index contributed by atoms with van der Waals surface area (Å²) in [5.41, 5.74) is 0. The molecule has 0 spiro atoms. The van der Waals surface area contributed by atoms with Crippen LogP contribution >= 0.6 is 0 Å². The van der Waals surface area contributed by atoms with Crippen LogP contribution in [0.5, 0.6) is 0 Å². The molecule has 8 heteroatoms. The van der Waals surface area contributed by atoms with E-state index < -0.39 is 0 Å². The quantitative estimate of drug-likeness (QED) is 0.860. The molecule has 0 radical (unpaired) electrons. The molecule has 1 aliphatic carbocycles. The van der Waals surface area contributed by atoms with Gasteiger partial charge in [0.1, 0.15) is 12.7 Å². The van der Waals surface area contributed by atoms with E-state index in [-0.39, 0.29) is 0 Å². The molecular formula is C13H20N8. The molecular weight excluding hydrogens is 268 g/mol. The number of aromatic nitrogens is 6. The summed E-state index contributed by atoms with van der Waals surface area (Å²) in [6.45, 7) is 2.19. The van der Waals surface area contributed by atoms with E-state index in [1.165, 1.54) is 36.7 Å². The van der Waals surface area contributed by atoms with Gasteiger partial charge in [-0.05, 0) is 25.7 Å². The van der Waals surface area contributed by atoms with Crippen LogP contribution in [0.25, 0.3) is 5.95 Å². The zero-order valence-corrected chi connectivity index (χ0v) is 12.3. The van der Waals surface area contributed by atoms with E-state index in [1.54, 1.807) is 13.4 Å². The fourth-order valence-electron chi connectivity index (χ4n) is 2.73. The Hall–Kier alpha value is -2.25. The van der Waals surface area contributed by atoms with Crippen molar-refractivity contribution >= 4 is 11.9 Å². The number of nitrogens with zero attached hydrogens (tertiary/aromatic N) is 6. The van der Waals surface area contributed by atoms with Crippen LogP contribution in [0.4, 0.5) is 11.9 Å². The van der Waals surface area contributed by atoms with E-state index in [4.69, 9.17) is 0 Å². The fourth-order valence-corrected chi connectivity index (χ4v) is 2.73. The Morgan fingerprint density at radius 2 is 1.95 bits per heavy atom. The molecule has 3 rings (SSSR count). The second-order valence-corrected chi connectivity index (χ2v) is 5.35. The van der Waals surface area contributed by atoms with Gasteiger partial charge < -0.3 is 10.6 Å². The van der Waals surface area contributed by atoms with Gasteiger partial charge in [0.15, 0.2) is 0 Å². The van der Waals surface area contributed by atoms with Crippen molar-refractivity contribution in [3.63, 3.8) is 0 Å². The highest BCUT2D eigenvalue weighted by Gasteiger charge is 2.22. The minimum absolute atomic E-state index is 0.350. The minimum Gasteiger partial charge on any atom is -0.357 e. The third-order valence-corrected chi connectivity index (χ3v) is 3.93. The summed E-state index contributed by atoms with van der Waals surface area (Å²) >= 11 is 0. The lowest BCUT2D eigenvalue weighted by Crippen LogP contribution is -2.25. The van der Waals surface area contributed by atoms with E-state index >= 15 is 0 Å². The van der Waals surface area contributed by atoms with Gasteiger partial charge in [-0.2, -0.15) is 24.7 Å². The Labute approximate surface area is 123 Å². The summed E-state index contributed by atoms with van der Waals surface area (Å²) in [6.07, 6.45) is 8.21. The Bertz CT molecular complexity index is 576. The van der Waals surface area contributed by atoms with Gasteiger partial charge in [-0.3, -0.25) is 0 Å². The molecule has 0 aliphatic heterocycles. The summed E-state index contributed by atoms with van der Waals surface area (Å²) < 4.78 is 1.52. The molecule has 1 unspecified atom stereocenters. The van der Waals surface area contributed by atoms with Crippen molar-refractivity contribution in [2.24, 2.45) is 5.92 Å². The van der Waals surface area contributed by atoms with E-state index in [1.807, 2.05) is 0 Å². The molecule has 1 aliphatic rings. The predicted octanol–water partition coefficient (Wildman–Crippen LogP) is 1.48. The van der Waals surface area contributed by atoms with E-state index in [0.717, 1.165) is 0 Å². The van der Waals surface area contributed by atoms with Crippen LogP contribution in [-0.4, -0.2) is 42.8 Å². The van der Waals surface area contributed by atoms with Crippen LogP contribution in [0.1, 0.15) is 32.6 Å². The second kappa shape index (κ2) is 6.02. The predicted molar refractivity (Wildman–Crippen MR) is 79.3 cm³/mol. The summed E-state index contributed by atoms with van der Waals surface area (Å²) in [4.78, 5) is 17.0. The summed E-state index contributed by atoms with van der Waals surface area (Å²) in [5, 5.41) is 10.4. The zero-order valence-electron chi connectivity index (χ0n) is 12.3. The minimum atomic E-state index is 0.350. The highest BCUT2D eigenvalue weighted by Crippen LogP contribution is 2.28. The Morgan fingerprint density at radius 3 is 2.62 bits per heavy atom. The number of nitrogens with one attached hydrogen (secondary N) is 2. The summed E-state index contributed by atoms with van der Waals surface area (Å²) in [7, 11) is 1.78. The van der Waals surface area contributed by atoms with Crippen LogP contribution in [0.15, 0.2) is 12.7 Å². The van der Waals surface area contributed by atoms with Gasteiger partial charge in [0, 0.05) is 13.1 Å². The van der Waals surface area contributed by atoms with Gasteiger partial charge >= 0.3 is 0 Å². The van der Waals surface area contributed by atoms with E-state index in [9.17, 15) is 0 Å². The Morgan fingerprint density at radius 1 is 1.19 bits per heavy atom. The molecule has 1 fully saturated rings. The molecule has 2 N–H and O–H groups in total. The van der Waals surface area contributed by atoms with E-state index in [2.05, 4.69) is 42.6 Å². The van der Waals surface area contributed by atoms with Crippen LogP contribution < -0.4 is 10.6 Å². The van der Waals surface area contributed by atoms with Crippen LogP contribution in [0.2, 0.25) is 0 Å². The number of hydrogen-bond donors (Lipinski definition) is 2. The molecule has 2 heterocycles. The van der Waals surface area contributed by atoms with Gasteiger partial charge in [-0.1, -0.05) is 12.8 Å². The average Bonchev–Trinajstić information content (AvgIpc) is 3.19. The molecule has 2 aromatic rings. The lowest BCUT2D eigenvalue weighted by atomic mass is 10.0. The topological polar surface area (TPSA) is 93.4 Å². The maximum absolute atomic E-state index is 4.42. The highest BCUT2D eigenvalue weighted by molar-refractivity contribution is 5.37. The SMILES string of the molecule is CNc1nc(NC(C)C2CCCC2)nc(-n2cncn2)n1. The third kappa shape index (κ3) is 3.09. The first kappa shape index (κ1) is 13.7. The van der Waals surface area contributed by atoms with Crippen LogP contribution in [0.3, 0.4) is 0 Å². The largest absolute Gasteiger partial charge is 0.357 e. The van der Waals surface area contributed by atoms with Crippen molar-refractivity contribution in [1.29, 1.82) is 0 Å². The fraction of sp³-hybridized carbons (Fsp3) is 0.615. The van der Waals surface area contributed by atoms with Crippen molar-refractivity contribution in [3.8, 4) is 5.95 Å². The van der Waals surface area contributed by atoms with Crippen molar-refractivity contribution in [1.82, 2.24) is 29.7 Å². The number of hydrogen-bond acceptors (Lipinski definition) is 7. The van der Waals surface area contributed by atoms with Gasteiger partial charge in [-0.15, -0.1) is 0 Å². The molecule has 8 nitrogen and oxygen atoms in total. The molecule has 112 valence electrons. The lowest BCUT2D eigenvalue weighted by Gasteiger charge is -2.20. The zero-order chi connectivity index (χ0) is 14.7. The first-order valence-corrected chi connectivity index (χ1v) is 7.31. The second-order valence-electron chi connectivity index (χ2n) is 5.35. The van der Waals surface area contributed by atoms with Gasteiger partial charge in [-0.25, -0.2) is 4.98 Å². The van der Waals surface area contributed by atoms with E-state index in [0.29, 0.717) is 29.8 Å². The molecule has 0 aromatic carbocycles. The van der Waals surface area contributed by atoms with Crippen molar-refractivity contribution in [2.45, 2.75) is 38.6 Å². The van der Waals surface area contributed by atoms with Crippen LogP contribution in [0, 0.1) is 5.92 Å². The first-order valence-electron chi connectivity index (χ1n) is 7.31. The smallest absolute Gasteiger partial charge is 0.258 e. The molecule has 0 amide bonds. The molecule has 0 bridgehead atoms. The Kier molecular flexibility index (Phi) is 3.94. The van der Waals surface area contributed by atoms with Gasteiger partial charge in [0.05, 0.1) is 0 Å². The summed E-state index contributed by atoms with van der Waals surface area (Å²) in [5.74, 6) is 2.22. The van der Waals surface area contributed by atoms with Gasteiger partial charge in [0.2, 0.25) is 11.9 Å². The summed E-state index contributed by atoms with van der Waals surface area (Å²) in [6, 6.07) is 0.350. The molecule has 2 aromatic heterocycles. The Balaban J connectivity index is 1.82. The monoisotopic (exact) mass is 288 g/mol. The maximum atomic E-state index is 4.42. The number of anilines is 2. The molecule has 0 saturated heterocycles.